The zero-order valence-electron chi connectivity index (χ0n) is 13.5. The molecule has 4 heterocycles. The lowest BCUT2D eigenvalue weighted by Gasteiger charge is -2.31. The number of ether oxygens (including phenoxy) is 1. The van der Waals surface area contributed by atoms with Crippen molar-refractivity contribution in [3.05, 3.63) is 46.8 Å². The normalized spacial score (nSPS) is 24.5. The molecule has 0 aromatic rings. The largest absolute Gasteiger partial charge is 0.387 e. The van der Waals surface area contributed by atoms with Gasteiger partial charge in [-0.25, -0.2) is 9.98 Å². The van der Waals surface area contributed by atoms with Crippen LogP contribution in [-0.2, 0) is 4.74 Å². The van der Waals surface area contributed by atoms with Crippen LogP contribution >= 0.6 is 11.8 Å². The number of morpholine rings is 1. The standard InChI is InChI=1S/C17H21N5OS/c18-16-10-13(2-1-4-19-16)15-3-5-22-14(12-24-17(22)20-15)11-21-6-8-23-9-7-21/h1-4,12H,5-11H2,(H2,18,19). The van der Waals surface area contributed by atoms with Crippen molar-refractivity contribution >= 4 is 22.8 Å². The number of thioether (sulfide) groups is 1. The van der Waals surface area contributed by atoms with Gasteiger partial charge in [-0.05, 0) is 23.1 Å². The highest BCUT2D eigenvalue weighted by atomic mass is 32.2. The average molecular weight is 343 g/mol. The second-order valence-electron chi connectivity index (χ2n) is 6.04. The molecule has 4 rings (SSSR count). The predicted octanol–water partition coefficient (Wildman–Crippen LogP) is 1.66. The zero-order valence-corrected chi connectivity index (χ0v) is 14.3. The van der Waals surface area contributed by atoms with Crippen LogP contribution in [0.25, 0.3) is 0 Å². The third-order valence-corrected chi connectivity index (χ3v) is 5.29. The van der Waals surface area contributed by atoms with Crippen LogP contribution in [0.3, 0.4) is 0 Å². The first-order valence-corrected chi connectivity index (χ1v) is 9.08. The van der Waals surface area contributed by atoms with Crippen LogP contribution in [-0.4, -0.2) is 60.2 Å². The smallest absolute Gasteiger partial charge is 0.173 e. The minimum Gasteiger partial charge on any atom is -0.387 e. The molecule has 0 spiro atoms. The maximum atomic E-state index is 5.91. The summed E-state index contributed by atoms with van der Waals surface area (Å²) in [6, 6.07) is 0. The number of rotatable bonds is 3. The van der Waals surface area contributed by atoms with E-state index in [2.05, 4.69) is 32.4 Å². The zero-order chi connectivity index (χ0) is 16.4. The van der Waals surface area contributed by atoms with E-state index in [-0.39, 0.29) is 0 Å². The number of aliphatic imine (C=N–C) groups is 2. The SMILES string of the molecule is NC1=NC=CC=C(C2=CCN3C(CN4CCOCC4)=CSC3=N2)C1. The van der Waals surface area contributed by atoms with Crippen LogP contribution in [0.2, 0.25) is 0 Å². The maximum Gasteiger partial charge on any atom is 0.173 e. The van der Waals surface area contributed by atoms with Crippen molar-refractivity contribution in [1.82, 2.24) is 9.80 Å². The highest BCUT2D eigenvalue weighted by molar-refractivity contribution is 8.16. The maximum absolute atomic E-state index is 5.91. The lowest BCUT2D eigenvalue weighted by atomic mass is 10.1. The molecule has 0 bridgehead atoms. The molecule has 0 aromatic carbocycles. The number of nitrogens with zero attached hydrogens (tertiary/aromatic N) is 4. The summed E-state index contributed by atoms with van der Waals surface area (Å²) in [7, 11) is 0. The Balaban J connectivity index is 1.44. The fraction of sp³-hybridized carbons (Fsp3) is 0.412. The van der Waals surface area contributed by atoms with Gasteiger partial charge in [-0.3, -0.25) is 4.90 Å². The molecule has 0 saturated carbocycles. The van der Waals surface area contributed by atoms with Gasteiger partial charge in [0, 0.05) is 44.5 Å². The highest BCUT2D eigenvalue weighted by Gasteiger charge is 2.27. The molecular weight excluding hydrogens is 322 g/mol. The molecule has 0 aliphatic carbocycles. The Labute approximate surface area is 146 Å². The first kappa shape index (κ1) is 15.7. The van der Waals surface area contributed by atoms with Gasteiger partial charge in [0.25, 0.3) is 0 Å². The van der Waals surface area contributed by atoms with E-state index in [1.807, 2.05) is 6.08 Å². The van der Waals surface area contributed by atoms with Gasteiger partial charge in [0.05, 0.1) is 18.9 Å². The van der Waals surface area contributed by atoms with Crippen molar-refractivity contribution in [1.29, 1.82) is 0 Å². The fourth-order valence-corrected chi connectivity index (χ4v) is 3.98. The lowest BCUT2D eigenvalue weighted by Crippen LogP contribution is -2.40. The number of hydrogen-bond acceptors (Lipinski definition) is 7. The van der Waals surface area contributed by atoms with E-state index >= 15 is 0 Å². The molecule has 126 valence electrons. The number of allylic oxidation sites excluding steroid dienone is 3. The van der Waals surface area contributed by atoms with E-state index < -0.39 is 0 Å². The quantitative estimate of drug-likeness (QED) is 0.844. The third kappa shape index (κ3) is 3.33. The summed E-state index contributed by atoms with van der Waals surface area (Å²) < 4.78 is 5.43. The van der Waals surface area contributed by atoms with E-state index in [4.69, 9.17) is 15.5 Å². The minimum absolute atomic E-state index is 0.628. The molecule has 1 fully saturated rings. The van der Waals surface area contributed by atoms with Gasteiger partial charge in [-0.15, -0.1) is 0 Å². The van der Waals surface area contributed by atoms with Gasteiger partial charge >= 0.3 is 0 Å². The highest BCUT2D eigenvalue weighted by Crippen LogP contribution is 2.32. The summed E-state index contributed by atoms with van der Waals surface area (Å²) in [6.07, 6.45) is 8.54. The van der Waals surface area contributed by atoms with Crippen LogP contribution in [0.4, 0.5) is 0 Å². The molecule has 4 aliphatic rings. The Kier molecular flexibility index (Phi) is 4.55. The molecule has 24 heavy (non-hydrogen) atoms. The Morgan fingerprint density at radius 1 is 1.29 bits per heavy atom. The van der Waals surface area contributed by atoms with E-state index in [0.29, 0.717) is 12.3 Å². The molecule has 2 N–H and O–H groups in total. The fourth-order valence-electron chi connectivity index (χ4n) is 3.07. The number of nitrogens with two attached hydrogens (primary N) is 1. The summed E-state index contributed by atoms with van der Waals surface area (Å²) >= 11 is 1.71. The van der Waals surface area contributed by atoms with Crippen molar-refractivity contribution in [2.75, 3.05) is 39.4 Å². The summed E-state index contributed by atoms with van der Waals surface area (Å²) in [5.41, 5.74) is 9.37. The molecule has 7 heteroatoms. The van der Waals surface area contributed by atoms with E-state index in [9.17, 15) is 0 Å². The van der Waals surface area contributed by atoms with E-state index in [1.54, 1.807) is 18.0 Å². The minimum atomic E-state index is 0.628. The van der Waals surface area contributed by atoms with Gasteiger partial charge in [0.1, 0.15) is 5.84 Å². The van der Waals surface area contributed by atoms with Crippen molar-refractivity contribution in [3.63, 3.8) is 0 Å². The molecular formula is C17H21N5OS. The molecule has 1 saturated heterocycles. The Hall–Kier alpha value is -1.83. The molecule has 0 amide bonds. The van der Waals surface area contributed by atoms with Gasteiger partial charge < -0.3 is 15.4 Å². The van der Waals surface area contributed by atoms with Crippen LogP contribution < -0.4 is 5.73 Å². The second-order valence-corrected chi connectivity index (χ2v) is 6.88. The third-order valence-electron chi connectivity index (χ3n) is 4.37. The van der Waals surface area contributed by atoms with Crippen molar-refractivity contribution in [2.45, 2.75) is 6.42 Å². The molecule has 4 aliphatic heterocycles. The lowest BCUT2D eigenvalue weighted by molar-refractivity contribution is 0.0405. The van der Waals surface area contributed by atoms with Crippen LogP contribution in [0.5, 0.6) is 0 Å². The molecule has 6 nitrogen and oxygen atoms in total. The van der Waals surface area contributed by atoms with Crippen LogP contribution in [0.15, 0.2) is 56.8 Å². The van der Waals surface area contributed by atoms with Gasteiger partial charge in [-0.1, -0.05) is 17.8 Å². The Morgan fingerprint density at radius 2 is 2.17 bits per heavy atom. The van der Waals surface area contributed by atoms with Crippen LogP contribution in [0, 0.1) is 0 Å². The summed E-state index contributed by atoms with van der Waals surface area (Å²) in [5.74, 6) is 0.628. The summed E-state index contributed by atoms with van der Waals surface area (Å²) in [4.78, 5) is 13.7. The number of amidine groups is 2. The summed E-state index contributed by atoms with van der Waals surface area (Å²) in [5, 5.41) is 3.28. The predicted molar refractivity (Wildman–Crippen MR) is 98.6 cm³/mol. The Morgan fingerprint density at radius 3 is 3.04 bits per heavy atom. The van der Waals surface area contributed by atoms with Crippen LogP contribution in [0.1, 0.15) is 6.42 Å². The number of hydrogen-bond donors (Lipinski definition) is 1. The number of fused-ring (bicyclic) bond motifs is 1. The first-order chi connectivity index (χ1) is 11.8. The molecule has 0 unspecified atom stereocenters. The summed E-state index contributed by atoms with van der Waals surface area (Å²) in [6.45, 7) is 5.48. The average Bonchev–Trinajstić information content (AvgIpc) is 2.87. The molecule has 0 aromatic heterocycles. The van der Waals surface area contributed by atoms with Crippen molar-refractivity contribution in [3.8, 4) is 0 Å². The first-order valence-electron chi connectivity index (χ1n) is 8.20. The van der Waals surface area contributed by atoms with Crippen molar-refractivity contribution < 1.29 is 4.74 Å². The van der Waals surface area contributed by atoms with E-state index in [1.165, 1.54) is 5.70 Å². The molecule has 0 atom stereocenters. The van der Waals surface area contributed by atoms with E-state index in [0.717, 1.165) is 55.8 Å². The van der Waals surface area contributed by atoms with Gasteiger partial charge in [0.15, 0.2) is 5.17 Å². The molecule has 0 radical (unpaired) electrons. The topological polar surface area (TPSA) is 66.5 Å². The Bertz CT molecular complexity index is 698. The van der Waals surface area contributed by atoms with Gasteiger partial charge in [0.2, 0.25) is 0 Å². The second kappa shape index (κ2) is 6.96. The van der Waals surface area contributed by atoms with Gasteiger partial charge in [-0.2, -0.15) is 0 Å². The van der Waals surface area contributed by atoms with Crippen molar-refractivity contribution in [2.24, 2.45) is 15.7 Å². The monoisotopic (exact) mass is 343 g/mol.